The predicted octanol–water partition coefficient (Wildman–Crippen LogP) is 3.50. The molecule has 0 heterocycles. The van der Waals surface area contributed by atoms with Crippen molar-refractivity contribution in [2.45, 2.75) is 32.4 Å². The third-order valence-corrected chi connectivity index (χ3v) is 3.04. The highest BCUT2D eigenvalue weighted by molar-refractivity contribution is 6.30. The molecule has 0 bridgehead atoms. The highest BCUT2D eigenvalue weighted by Crippen LogP contribution is 2.16. The smallest absolute Gasteiger partial charge is 0.249 e. The lowest BCUT2D eigenvalue weighted by Gasteiger charge is -2.18. The van der Waals surface area contributed by atoms with E-state index in [0.29, 0.717) is 11.6 Å². The molecule has 0 fully saturated rings. The summed E-state index contributed by atoms with van der Waals surface area (Å²) >= 11 is 5.83. The fourth-order valence-corrected chi connectivity index (χ4v) is 1.70. The molecule has 1 aromatic rings. The third kappa shape index (κ3) is 5.45. The van der Waals surface area contributed by atoms with Gasteiger partial charge in [0.2, 0.25) is 5.91 Å². The highest BCUT2D eigenvalue weighted by Gasteiger charge is 2.16. The van der Waals surface area contributed by atoms with Gasteiger partial charge in [0.25, 0.3) is 0 Å². The van der Waals surface area contributed by atoms with Crippen molar-refractivity contribution in [2.75, 3.05) is 6.61 Å². The number of carbonyl (C=O) groups excluding carboxylic acids is 1. The van der Waals surface area contributed by atoms with Crippen molar-refractivity contribution in [3.05, 3.63) is 47.5 Å². The van der Waals surface area contributed by atoms with Crippen molar-refractivity contribution >= 4 is 17.5 Å². The van der Waals surface area contributed by atoms with Crippen LogP contribution >= 0.6 is 11.6 Å². The summed E-state index contributed by atoms with van der Waals surface area (Å²) in [5.74, 6) is -0.119. The molecule has 0 aliphatic rings. The molecule has 0 aliphatic carbocycles. The van der Waals surface area contributed by atoms with Crippen molar-refractivity contribution < 1.29 is 9.53 Å². The molecule has 1 N–H and O–H groups in total. The first-order valence-electron chi connectivity index (χ1n) is 6.33. The third-order valence-electron chi connectivity index (χ3n) is 2.79. The Labute approximate surface area is 119 Å². The normalized spacial score (nSPS) is 13.6. The first-order chi connectivity index (χ1) is 9.04. The first kappa shape index (κ1) is 15.7. The largest absolute Gasteiger partial charge is 0.368 e. The van der Waals surface area contributed by atoms with Crippen LogP contribution in [0, 0.1) is 0 Å². The van der Waals surface area contributed by atoms with Crippen molar-refractivity contribution in [1.82, 2.24) is 5.32 Å². The summed E-state index contributed by atoms with van der Waals surface area (Å²) < 4.78 is 5.40. The molecule has 1 amide bonds. The van der Waals surface area contributed by atoms with Crippen LogP contribution in [-0.4, -0.2) is 18.6 Å². The lowest BCUT2D eigenvalue weighted by Crippen LogP contribution is -2.36. The number of hydrogen-bond donors (Lipinski definition) is 1. The maximum absolute atomic E-state index is 11.9. The Morgan fingerprint density at radius 2 is 2.05 bits per heavy atom. The fourth-order valence-electron chi connectivity index (χ4n) is 1.57. The van der Waals surface area contributed by atoms with Crippen molar-refractivity contribution in [1.29, 1.82) is 0 Å². The number of ether oxygens (including phenoxy) is 1. The van der Waals surface area contributed by atoms with Crippen LogP contribution in [0.2, 0.25) is 5.02 Å². The zero-order valence-corrected chi connectivity index (χ0v) is 12.1. The lowest BCUT2D eigenvalue weighted by molar-refractivity contribution is -0.132. The van der Waals surface area contributed by atoms with Gasteiger partial charge in [-0.1, -0.05) is 29.8 Å². The molecular weight excluding hydrogens is 262 g/mol. The van der Waals surface area contributed by atoms with Crippen molar-refractivity contribution in [3.63, 3.8) is 0 Å². The summed E-state index contributed by atoms with van der Waals surface area (Å²) in [5.41, 5.74) is 1.01. The second-order valence-corrected chi connectivity index (χ2v) is 4.81. The molecule has 0 saturated carbocycles. The van der Waals surface area contributed by atoms with E-state index in [4.69, 9.17) is 16.3 Å². The number of rotatable bonds is 7. The van der Waals surface area contributed by atoms with Gasteiger partial charge < -0.3 is 10.1 Å². The Balaban J connectivity index is 2.46. The molecule has 1 aromatic carbocycles. The van der Waals surface area contributed by atoms with E-state index in [9.17, 15) is 4.79 Å². The van der Waals surface area contributed by atoms with Crippen molar-refractivity contribution in [2.24, 2.45) is 0 Å². The van der Waals surface area contributed by atoms with Crippen LogP contribution in [0.3, 0.4) is 0 Å². The average Bonchev–Trinajstić information content (AvgIpc) is 2.39. The van der Waals surface area contributed by atoms with Gasteiger partial charge in [0.15, 0.2) is 0 Å². The molecule has 0 aliphatic heterocycles. The topological polar surface area (TPSA) is 38.3 Å². The molecule has 0 saturated heterocycles. The molecule has 1 rings (SSSR count). The molecule has 0 aromatic heterocycles. The van der Waals surface area contributed by atoms with Crippen molar-refractivity contribution in [3.8, 4) is 0 Å². The van der Waals surface area contributed by atoms with E-state index >= 15 is 0 Å². The van der Waals surface area contributed by atoms with E-state index in [0.717, 1.165) is 12.0 Å². The van der Waals surface area contributed by atoms with E-state index in [1.165, 1.54) is 0 Å². The molecule has 0 spiro atoms. The number of hydrogen-bond acceptors (Lipinski definition) is 2. The monoisotopic (exact) mass is 281 g/mol. The van der Waals surface area contributed by atoms with Gasteiger partial charge in [0.1, 0.15) is 6.10 Å². The Morgan fingerprint density at radius 3 is 2.63 bits per heavy atom. The van der Waals surface area contributed by atoms with Gasteiger partial charge in [-0.05, 0) is 38.0 Å². The number of halogens is 1. The minimum absolute atomic E-state index is 0.0739. The highest BCUT2D eigenvalue weighted by atomic mass is 35.5. The van der Waals surface area contributed by atoms with E-state index < -0.39 is 6.10 Å². The van der Waals surface area contributed by atoms with Gasteiger partial charge in [-0.25, -0.2) is 0 Å². The maximum Gasteiger partial charge on any atom is 0.249 e. The zero-order valence-electron chi connectivity index (χ0n) is 11.4. The van der Waals surface area contributed by atoms with E-state index in [2.05, 4.69) is 11.9 Å². The molecule has 2 unspecified atom stereocenters. The van der Waals surface area contributed by atoms with Crippen LogP contribution in [-0.2, 0) is 9.53 Å². The van der Waals surface area contributed by atoms with E-state index in [1.807, 2.05) is 31.2 Å². The van der Waals surface area contributed by atoms with E-state index in [-0.39, 0.29) is 11.9 Å². The lowest BCUT2D eigenvalue weighted by atomic mass is 10.1. The van der Waals surface area contributed by atoms with Crippen LogP contribution in [0.4, 0.5) is 0 Å². The van der Waals surface area contributed by atoms with Gasteiger partial charge in [0, 0.05) is 5.02 Å². The van der Waals surface area contributed by atoms with Gasteiger partial charge in [-0.2, -0.15) is 0 Å². The number of benzene rings is 1. The standard InChI is InChI=1S/C15H20ClNO2/c1-4-5-10-19-12(3)15(18)17-11(2)13-6-8-14(16)9-7-13/h4,6-9,11-12H,1,5,10H2,2-3H3,(H,17,18). The second-order valence-electron chi connectivity index (χ2n) is 4.37. The summed E-state index contributed by atoms with van der Waals surface area (Å²) in [7, 11) is 0. The first-order valence-corrected chi connectivity index (χ1v) is 6.70. The van der Waals surface area contributed by atoms with Crippen LogP contribution in [0.15, 0.2) is 36.9 Å². The quantitative estimate of drug-likeness (QED) is 0.614. The van der Waals surface area contributed by atoms with Gasteiger partial charge in [-0.15, -0.1) is 6.58 Å². The average molecular weight is 282 g/mol. The molecule has 4 heteroatoms. The minimum atomic E-state index is -0.463. The van der Waals surface area contributed by atoms with Crippen LogP contribution < -0.4 is 5.32 Å². The molecule has 19 heavy (non-hydrogen) atoms. The summed E-state index contributed by atoms with van der Waals surface area (Å²) in [4.78, 5) is 11.9. The summed E-state index contributed by atoms with van der Waals surface area (Å²) in [6.07, 6.45) is 2.04. The van der Waals surface area contributed by atoms with Crippen LogP contribution in [0.1, 0.15) is 31.9 Å². The summed E-state index contributed by atoms with van der Waals surface area (Å²) in [5, 5.41) is 3.59. The Bertz CT molecular complexity index is 417. The SMILES string of the molecule is C=CCCOC(C)C(=O)NC(C)c1ccc(Cl)cc1. The van der Waals surface area contributed by atoms with E-state index in [1.54, 1.807) is 13.0 Å². The molecule has 0 radical (unpaired) electrons. The molecular formula is C15H20ClNO2. The van der Waals surface area contributed by atoms with Crippen LogP contribution in [0.5, 0.6) is 0 Å². The summed E-state index contributed by atoms with van der Waals surface area (Å²) in [6, 6.07) is 7.34. The Kier molecular flexibility index (Phi) is 6.60. The Morgan fingerprint density at radius 1 is 1.42 bits per heavy atom. The molecule has 3 nitrogen and oxygen atoms in total. The number of carbonyl (C=O) groups is 1. The summed E-state index contributed by atoms with van der Waals surface area (Å²) in [6.45, 7) is 7.78. The second kappa shape index (κ2) is 7.97. The molecule has 2 atom stereocenters. The fraction of sp³-hybridized carbons (Fsp3) is 0.400. The predicted molar refractivity (Wildman–Crippen MR) is 78.2 cm³/mol. The van der Waals surface area contributed by atoms with Gasteiger partial charge in [-0.3, -0.25) is 4.79 Å². The number of nitrogens with one attached hydrogen (secondary N) is 1. The van der Waals surface area contributed by atoms with Gasteiger partial charge >= 0.3 is 0 Å². The Hall–Kier alpha value is -1.32. The molecule has 104 valence electrons. The maximum atomic E-state index is 11.9. The zero-order chi connectivity index (χ0) is 14.3. The van der Waals surface area contributed by atoms with Crippen LogP contribution in [0.25, 0.3) is 0 Å². The van der Waals surface area contributed by atoms with Gasteiger partial charge in [0.05, 0.1) is 12.6 Å². The number of amides is 1. The minimum Gasteiger partial charge on any atom is -0.368 e.